The first-order valence-electron chi connectivity index (χ1n) is 7.08. The minimum absolute atomic E-state index is 0.127. The van der Waals surface area contributed by atoms with E-state index in [-0.39, 0.29) is 36.2 Å². The third kappa shape index (κ3) is 2.81. The van der Waals surface area contributed by atoms with Crippen LogP contribution < -0.4 is 10.1 Å². The second-order valence-electron chi connectivity index (χ2n) is 5.58. The molecule has 118 valence electrons. The summed E-state index contributed by atoms with van der Waals surface area (Å²) in [6.45, 7) is 1.94. The first-order valence-corrected chi connectivity index (χ1v) is 7.08. The average molecular weight is 309 g/mol. The van der Waals surface area contributed by atoms with Crippen LogP contribution in [0.3, 0.4) is 0 Å². The highest BCUT2D eigenvalue weighted by Crippen LogP contribution is 2.25. The summed E-state index contributed by atoms with van der Waals surface area (Å²) in [5, 5.41) is 11.5. The molecule has 0 aromatic carbocycles. The minimum atomic E-state index is -1.01. The van der Waals surface area contributed by atoms with Crippen LogP contribution in [0, 0.1) is 5.82 Å². The van der Waals surface area contributed by atoms with Crippen LogP contribution in [0.1, 0.15) is 30.3 Å². The van der Waals surface area contributed by atoms with Gasteiger partial charge in [0.05, 0.1) is 18.8 Å². The maximum Gasteiger partial charge on any atom is 0.407 e. The summed E-state index contributed by atoms with van der Waals surface area (Å²) in [5.41, 5.74) is -0.256. The highest BCUT2D eigenvalue weighted by atomic mass is 19.1. The number of amides is 2. The van der Waals surface area contributed by atoms with Crippen LogP contribution in [0.5, 0.6) is 5.75 Å². The number of nitrogens with one attached hydrogen (secondary N) is 1. The molecule has 1 aromatic heterocycles. The van der Waals surface area contributed by atoms with Gasteiger partial charge in [0, 0.05) is 12.1 Å². The Hall–Kier alpha value is -2.38. The van der Waals surface area contributed by atoms with Gasteiger partial charge >= 0.3 is 6.09 Å². The van der Waals surface area contributed by atoms with Crippen molar-refractivity contribution < 1.29 is 23.8 Å². The SMILES string of the molecule is CC1C(Oc2cnc(C(=O)NC3CC3)c(F)c2)CN1C(=O)O. The molecule has 2 N–H and O–H groups in total. The van der Waals surface area contributed by atoms with Gasteiger partial charge in [-0.1, -0.05) is 0 Å². The Kier molecular flexibility index (Phi) is 3.59. The summed E-state index contributed by atoms with van der Waals surface area (Å²) in [7, 11) is 0. The summed E-state index contributed by atoms with van der Waals surface area (Å²) >= 11 is 0. The standard InChI is InChI=1S/C14H16FN3O4/c1-7-11(6-18(7)14(20)21)22-9-4-10(15)12(16-5-9)13(19)17-8-2-3-8/h4-5,7-8,11H,2-3,6H2,1H3,(H,17,19)(H,20,21). The Morgan fingerprint density at radius 1 is 1.50 bits per heavy atom. The van der Waals surface area contributed by atoms with Crippen molar-refractivity contribution in [3.8, 4) is 5.75 Å². The first-order chi connectivity index (χ1) is 10.5. The van der Waals surface area contributed by atoms with Crippen molar-refractivity contribution >= 4 is 12.0 Å². The Balaban J connectivity index is 1.62. The number of rotatable bonds is 4. The van der Waals surface area contributed by atoms with Crippen molar-refractivity contribution in [3.05, 3.63) is 23.8 Å². The van der Waals surface area contributed by atoms with E-state index in [4.69, 9.17) is 9.84 Å². The van der Waals surface area contributed by atoms with Crippen LogP contribution in [-0.2, 0) is 0 Å². The van der Waals surface area contributed by atoms with Gasteiger partial charge in [-0.05, 0) is 19.8 Å². The predicted octanol–water partition coefficient (Wildman–Crippen LogP) is 1.24. The number of carboxylic acid groups (broad SMARTS) is 1. The molecule has 2 heterocycles. The number of pyridine rings is 1. The number of likely N-dealkylation sites (tertiary alicyclic amines) is 1. The van der Waals surface area contributed by atoms with E-state index in [1.807, 2.05) is 0 Å². The normalized spacial score (nSPS) is 23.6. The number of ether oxygens (including phenoxy) is 1. The number of nitrogens with zero attached hydrogens (tertiary/aromatic N) is 2. The Morgan fingerprint density at radius 2 is 2.23 bits per heavy atom. The molecule has 2 aliphatic rings. The molecule has 2 atom stereocenters. The second-order valence-corrected chi connectivity index (χ2v) is 5.58. The Morgan fingerprint density at radius 3 is 2.77 bits per heavy atom. The van der Waals surface area contributed by atoms with Gasteiger partial charge in [-0.3, -0.25) is 9.69 Å². The molecule has 1 aromatic rings. The molecule has 0 spiro atoms. The van der Waals surface area contributed by atoms with E-state index in [0.29, 0.717) is 0 Å². The molecule has 0 bridgehead atoms. The minimum Gasteiger partial charge on any atom is -0.485 e. The number of carbonyl (C=O) groups is 2. The number of aromatic nitrogens is 1. The van der Waals surface area contributed by atoms with E-state index in [1.165, 1.54) is 11.1 Å². The highest BCUT2D eigenvalue weighted by Gasteiger charge is 2.40. The zero-order chi connectivity index (χ0) is 15.9. The molecular formula is C14H16FN3O4. The number of hydrogen-bond acceptors (Lipinski definition) is 4. The lowest BCUT2D eigenvalue weighted by Crippen LogP contribution is -2.62. The summed E-state index contributed by atoms with van der Waals surface area (Å²) in [4.78, 5) is 27.6. The number of carbonyl (C=O) groups excluding carboxylic acids is 1. The molecule has 8 heteroatoms. The van der Waals surface area contributed by atoms with E-state index >= 15 is 0 Å². The van der Waals surface area contributed by atoms with Crippen LogP contribution >= 0.6 is 0 Å². The molecule has 7 nitrogen and oxygen atoms in total. The van der Waals surface area contributed by atoms with Gasteiger partial charge in [0.15, 0.2) is 11.5 Å². The zero-order valence-corrected chi connectivity index (χ0v) is 12.0. The zero-order valence-electron chi connectivity index (χ0n) is 12.0. The lowest BCUT2D eigenvalue weighted by Gasteiger charge is -2.43. The monoisotopic (exact) mass is 309 g/mol. The quantitative estimate of drug-likeness (QED) is 0.873. The summed E-state index contributed by atoms with van der Waals surface area (Å²) < 4.78 is 19.5. The van der Waals surface area contributed by atoms with Gasteiger partial charge in [-0.2, -0.15) is 0 Å². The van der Waals surface area contributed by atoms with E-state index in [0.717, 1.165) is 18.9 Å². The molecule has 2 fully saturated rings. The molecular weight excluding hydrogens is 293 g/mol. The molecule has 1 aliphatic heterocycles. The number of hydrogen-bond donors (Lipinski definition) is 2. The molecule has 1 aliphatic carbocycles. The van der Waals surface area contributed by atoms with Crippen LogP contribution in [-0.4, -0.2) is 51.7 Å². The number of halogens is 1. The second kappa shape index (κ2) is 5.43. The van der Waals surface area contributed by atoms with Crippen molar-refractivity contribution in [1.29, 1.82) is 0 Å². The van der Waals surface area contributed by atoms with Crippen LogP contribution in [0.15, 0.2) is 12.3 Å². The maximum atomic E-state index is 13.9. The topological polar surface area (TPSA) is 91.8 Å². The van der Waals surface area contributed by atoms with Gasteiger partial charge in [0.25, 0.3) is 5.91 Å². The lowest BCUT2D eigenvalue weighted by atomic mass is 10.0. The Bertz CT molecular complexity index is 620. The van der Waals surface area contributed by atoms with Gasteiger partial charge in [0.1, 0.15) is 11.9 Å². The summed E-state index contributed by atoms with van der Waals surface area (Å²) in [6.07, 6.45) is 1.75. The Labute approximate surface area is 126 Å². The fraction of sp³-hybridized carbons (Fsp3) is 0.500. The van der Waals surface area contributed by atoms with Crippen molar-refractivity contribution in [3.63, 3.8) is 0 Å². The van der Waals surface area contributed by atoms with Crippen LogP contribution in [0.2, 0.25) is 0 Å². The van der Waals surface area contributed by atoms with Gasteiger partial charge in [-0.15, -0.1) is 0 Å². The van der Waals surface area contributed by atoms with E-state index < -0.39 is 17.8 Å². The van der Waals surface area contributed by atoms with E-state index in [2.05, 4.69) is 10.3 Å². The molecule has 1 saturated carbocycles. The van der Waals surface area contributed by atoms with Crippen molar-refractivity contribution in [2.24, 2.45) is 0 Å². The van der Waals surface area contributed by atoms with Gasteiger partial charge < -0.3 is 15.2 Å². The fourth-order valence-corrected chi connectivity index (χ4v) is 2.27. The molecule has 0 radical (unpaired) electrons. The maximum absolute atomic E-state index is 13.9. The van der Waals surface area contributed by atoms with Crippen molar-refractivity contribution in [2.45, 2.75) is 38.0 Å². The smallest absolute Gasteiger partial charge is 0.407 e. The highest BCUT2D eigenvalue weighted by molar-refractivity contribution is 5.93. The lowest BCUT2D eigenvalue weighted by molar-refractivity contribution is -0.0227. The third-order valence-corrected chi connectivity index (χ3v) is 3.88. The first kappa shape index (κ1) is 14.6. The predicted molar refractivity (Wildman–Crippen MR) is 73.3 cm³/mol. The summed E-state index contributed by atoms with van der Waals surface area (Å²) in [5.74, 6) is -1.10. The molecule has 2 amide bonds. The summed E-state index contributed by atoms with van der Waals surface area (Å²) in [6, 6.07) is 0.922. The molecule has 22 heavy (non-hydrogen) atoms. The van der Waals surface area contributed by atoms with E-state index in [9.17, 15) is 14.0 Å². The molecule has 2 unspecified atom stereocenters. The van der Waals surface area contributed by atoms with Gasteiger partial charge in [-0.25, -0.2) is 14.2 Å². The van der Waals surface area contributed by atoms with E-state index in [1.54, 1.807) is 6.92 Å². The van der Waals surface area contributed by atoms with Crippen molar-refractivity contribution in [2.75, 3.05) is 6.54 Å². The van der Waals surface area contributed by atoms with Gasteiger partial charge in [0.2, 0.25) is 0 Å². The fourth-order valence-electron chi connectivity index (χ4n) is 2.27. The third-order valence-electron chi connectivity index (χ3n) is 3.88. The van der Waals surface area contributed by atoms with Crippen molar-refractivity contribution in [1.82, 2.24) is 15.2 Å². The molecule has 1 saturated heterocycles. The average Bonchev–Trinajstić information content (AvgIpc) is 3.26. The van der Waals surface area contributed by atoms with Crippen LogP contribution in [0.25, 0.3) is 0 Å². The largest absolute Gasteiger partial charge is 0.485 e. The van der Waals surface area contributed by atoms with Crippen LogP contribution in [0.4, 0.5) is 9.18 Å². The molecule has 3 rings (SSSR count).